The Morgan fingerprint density at radius 3 is 1.88 bits per heavy atom. The minimum absolute atomic E-state index is 0.653. The van der Waals surface area contributed by atoms with Crippen LogP contribution in [0, 0.1) is 0 Å². The van der Waals surface area contributed by atoms with E-state index in [-0.39, 0.29) is 0 Å². The SMILES string of the molecule is C1=CCO/C=C\OC1. The molecule has 8 heavy (non-hydrogen) atoms. The van der Waals surface area contributed by atoms with Crippen LogP contribution in [-0.2, 0) is 9.47 Å². The van der Waals surface area contributed by atoms with Gasteiger partial charge in [-0.15, -0.1) is 0 Å². The van der Waals surface area contributed by atoms with E-state index in [1.807, 2.05) is 12.2 Å². The van der Waals surface area contributed by atoms with Gasteiger partial charge in [-0.05, 0) is 12.2 Å². The molecular weight excluding hydrogens is 104 g/mol. The van der Waals surface area contributed by atoms with E-state index < -0.39 is 0 Å². The molecule has 0 aromatic heterocycles. The highest BCUT2D eigenvalue weighted by Gasteiger charge is 1.80. The van der Waals surface area contributed by atoms with Crippen molar-refractivity contribution in [2.75, 3.05) is 13.2 Å². The van der Waals surface area contributed by atoms with Gasteiger partial charge in [0.1, 0.15) is 25.7 Å². The van der Waals surface area contributed by atoms with Crippen molar-refractivity contribution in [3.05, 3.63) is 24.7 Å². The van der Waals surface area contributed by atoms with Crippen molar-refractivity contribution < 1.29 is 9.47 Å². The van der Waals surface area contributed by atoms with Gasteiger partial charge in [-0.1, -0.05) is 0 Å². The molecule has 0 fully saturated rings. The van der Waals surface area contributed by atoms with Crippen molar-refractivity contribution in [1.82, 2.24) is 0 Å². The second kappa shape index (κ2) is 3.13. The zero-order chi connectivity index (χ0) is 5.66. The molecule has 1 heterocycles. The highest BCUT2D eigenvalue weighted by Crippen LogP contribution is 1.87. The Morgan fingerprint density at radius 1 is 0.875 bits per heavy atom. The Kier molecular flexibility index (Phi) is 2.04. The van der Waals surface area contributed by atoms with Gasteiger partial charge in [-0.3, -0.25) is 0 Å². The minimum atomic E-state index is 0.653. The summed E-state index contributed by atoms with van der Waals surface area (Å²) in [6, 6.07) is 0. The van der Waals surface area contributed by atoms with Crippen molar-refractivity contribution >= 4 is 0 Å². The molecule has 0 amide bonds. The van der Waals surface area contributed by atoms with Crippen LogP contribution in [0.4, 0.5) is 0 Å². The fraction of sp³-hybridized carbons (Fsp3) is 0.333. The Hall–Kier alpha value is -0.920. The highest BCUT2D eigenvalue weighted by atomic mass is 16.5. The molecule has 0 radical (unpaired) electrons. The first-order valence-electron chi connectivity index (χ1n) is 2.53. The zero-order valence-electron chi connectivity index (χ0n) is 4.54. The molecule has 1 rings (SSSR count). The van der Waals surface area contributed by atoms with E-state index >= 15 is 0 Å². The molecule has 0 aromatic carbocycles. The van der Waals surface area contributed by atoms with Crippen molar-refractivity contribution in [2.45, 2.75) is 0 Å². The highest BCUT2D eigenvalue weighted by molar-refractivity contribution is 4.84. The lowest BCUT2D eigenvalue weighted by Gasteiger charge is -1.99. The smallest absolute Gasteiger partial charge is 0.118 e. The van der Waals surface area contributed by atoms with Crippen LogP contribution in [0.25, 0.3) is 0 Å². The summed E-state index contributed by atoms with van der Waals surface area (Å²) in [5.41, 5.74) is 0. The second-order valence-electron chi connectivity index (χ2n) is 1.41. The summed E-state index contributed by atoms with van der Waals surface area (Å²) in [6.45, 7) is 1.31. The summed E-state index contributed by atoms with van der Waals surface area (Å²) in [7, 11) is 0. The van der Waals surface area contributed by atoms with Crippen LogP contribution >= 0.6 is 0 Å². The first-order valence-corrected chi connectivity index (χ1v) is 2.53. The maximum atomic E-state index is 4.88. The van der Waals surface area contributed by atoms with Crippen LogP contribution in [0.5, 0.6) is 0 Å². The van der Waals surface area contributed by atoms with Crippen molar-refractivity contribution in [3.63, 3.8) is 0 Å². The van der Waals surface area contributed by atoms with E-state index in [1.54, 1.807) is 12.5 Å². The molecule has 0 bridgehead atoms. The molecule has 0 unspecified atom stereocenters. The van der Waals surface area contributed by atoms with Crippen LogP contribution in [0.3, 0.4) is 0 Å². The second-order valence-corrected chi connectivity index (χ2v) is 1.41. The van der Waals surface area contributed by atoms with E-state index in [4.69, 9.17) is 9.47 Å². The van der Waals surface area contributed by atoms with E-state index in [2.05, 4.69) is 0 Å². The van der Waals surface area contributed by atoms with Gasteiger partial charge in [0, 0.05) is 0 Å². The zero-order valence-corrected chi connectivity index (χ0v) is 4.54. The Bertz CT molecular complexity index is 79.1. The predicted octanol–water partition coefficient (Wildman–Crippen LogP) is 1.06. The minimum Gasteiger partial charge on any atom is -0.494 e. The van der Waals surface area contributed by atoms with Gasteiger partial charge in [0.2, 0.25) is 0 Å². The molecule has 0 spiro atoms. The van der Waals surface area contributed by atoms with Gasteiger partial charge >= 0.3 is 0 Å². The monoisotopic (exact) mass is 112 g/mol. The predicted molar refractivity (Wildman–Crippen MR) is 30.2 cm³/mol. The van der Waals surface area contributed by atoms with Crippen molar-refractivity contribution in [1.29, 1.82) is 0 Å². The lowest BCUT2D eigenvalue weighted by molar-refractivity contribution is 0.229. The normalized spacial score (nSPS) is 22.0. The fourth-order valence-electron chi connectivity index (χ4n) is 0.437. The lowest BCUT2D eigenvalue weighted by Crippen LogP contribution is -1.89. The Balaban J connectivity index is 2.29. The number of ether oxygens (including phenoxy) is 2. The molecule has 1 aliphatic rings. The van der Waals surface area contributed by atoms with Gasteiger partial charge in [0.15, 0.2) is 0 Å². The van der Waals surface area contributed by atoms with E-state index in [9.17, 15) is 0 Å². The number of hydrogen-bond acceptors (Lipinski definition) is 2. The summed E-state index contributed by atoms with van der Waals surface area (Å²) in [5.74, 6) is 0. The molecule has 44 valence electrons. The molecule has 0 N–H and O–H groups in total. The maximum absolute atomic E-state index is 4.88. The molecule has 0 saturated heterocycles. The quantitative estimate of drug-likeness (QED) is 0.436. The molecule has 0 aromatic rings. The molecule has 0 aliphatic carbocycles. The largest absolute Gasteiger partial charge is 0.494 e. The van der Waals surface area contributed by atoms with Crippen LogP contribution < -0.4 is 0 Å². The topological polar surface area (TPSA) is 18.5 Å². The Morgan fingerprint density at radius 2 is 1.38 bits per heavy atom. The molecule has 0 atom stereocenters. The van der Waals surface area contributed by atoms with Gasteiger partial charge in [-0.25, -0.2) is 0 Å². The average Bonchev–Trinajstić information content (AvgIpc) is 1.62. The molecule has 0 saturated carbocycles. The van der Waals surface area contributed by atoms with Crippen molar-refractivity contribution in [2.24, 2.45) is 0 Å². The molecule has 2 nitrogen and oxygen atoms in total. The average molecular weight is 112 g/mol. The third-order valence-corrected chi connectivity index (χ3v) is 0.800. The third-order valence-electron chi connectivity index (χ3n) is 0.800. The first-order chi connectivity index (χ1) is 4.00. The fourth-order valence-corrected chi connectivity index (χ4v) is 0.437. The molecule has 2 heteroatoms. The van der Waals surface area contributed by atoms with Gasteiger partial charge in [0.05, 0.1) is 0 Å². The van der Waals surface area contributed by atoms with E-state index in [0.717, 1.165) is 0 Å². The van der Waals surface area contributed by atoms with Gasteiger partial charge < -0.3 is 9.47 Å². The van der Waals surface area contributed by atoms with Crippen LogP contribution in [0.1, 0.15) is 0 Å². The van der Waals surface area contributed by atoms with Crippen LogP contribution in [0.15, 0.2) is 24.7 Å². The summed E-state index contributed by atoms with van der Waals surface area (Å²) in [5, 5.41) is 0. The van der Waals surface area contributed by atoms with Gasteiger partial charge in [-0.2, -0.15) is 0 Å². The summed E-state index contributed by atoms with van der Waals surface area (Å²) >= 11 is 0. The Labute approximate surface area is 48.4 Å². The number of hydrogen-bond donors (Lipinski definition) is 0. The summed E-state index contributed by atoms with van der Waals surface area (Å²) in [6.07, 6.45) is 6.93. The van der Waals surface area contributed by atoms with E-state index in [0.29, 0.717) is 13.2 Å². The van der Waals surface area contributed by atoms with Crippen molar-refractivity contribution in [3.8, 4) is 0 Å². The van der Waals surface area contributed by atoms with Gasteiger partial charge in [0.25, 0.3) is 0 Å². The van der Waals surface area contributed by atoms with E-state index in [1.165, 1.54) is 0 Å². The summed E-state index contributed by atoms with van der Waals surface area (Å²) < 4.78 is 9.76. The molecular formula is C6H8O2. The summed E-state index contributed by atoms with van der Waals surface area (Å²) in [4.78, 5) is 0. The third kappa shape index (κ3) is 1.69. The van der Waals surface area contributed by atoms with Crippen LogP contribution in [-0.4, -0.2) is 13.2 Å². The maximum Gasteiger partial charge on any atom is 0.118 e. The first kappa shape index (κ1) is 5.22. The standard InChI is InChI=1S/C6H8O2/c1-2-4-8-6-5-7-3-1/h1-2,5-6H,3-4H2/b2-1?,6-5-. The van der Waals surface area contributed by atoms with Crippen LogP contribution in [0.2, 0.25) is 0 Å². The molecule has 1 aliphatic heterocycles. The number of rotatable bonds is 0. The lowest BCUT2D eigenvalue weighted by atomic mass is 10.5.